The van der Waals surface area contributed by atoms with Crippen molar-refractivity contribution in [2.24, 2.45) is 17.8 Å². The molecule has 2 aliphatic rings. The molecule has 2 unspecified atom stereocenters. The number of nitrogens with zero attached hydrogens (tertiary/aromatic N) is 1. The molecule has 2 atom stereocenters. The van der Waals surface area contributed by atoms with Crippen molar-refractivity contribution in [1.29, 1.82) is 0 Å². The van der Waals surface area contributed by atoms with Crippen LogP contribution in [0, 0.1) is 17.8 Å². The second kappa shape index (κ2) is 4.35. The first-order valence-corrected chi connectivity index (χ1v) is 6.15. The van der Waals surface area contributed by atoms with Crippen LogP contribution in [0.3, 0.4) is 0 Å². The summed E-state index contributed by atoms with van der Waals surface area (Å²) in [6.45, 7) is 0.814. The Hall–Kier alpha value is -1.58. The Balaban J connectivity index is 1.41. The van der Waals surface area contributed by atoms with Crippen LogP contribution in [0.15, 0.2) is 23.1 Å². The monoisotopic (exact) mass is 232 g/mol. The van der Waals surface area contributed by atoms with Crippen LogP contribution in [-0.2, 0) is 4.79 Å². The van der Waals surface area contributed by atoms with E-state index in [2.05, 4.69) is 10.3 Å². The first-order chi connectivity index (χ1) is 8.31. The lowest BCUT2D eigenvalue weighted by atomic mass is 10.0. The Morgan fingerprint density at radius 1 is 1.47 bits per heavy atom. The molecule has 0 spiro atoms. The predicted molar refractivity (Wildman–Crippen MR) is 62.9 cm³/mol. The SMILES string of the molecule is O=C(/C=C/c1cocn1)NCC1CC2CC2C1. The van der Waals surface area contributed by atoms with E-state index in [4.69, 9.17) is 4.42 Å². The first-order valence-electron chi connectivity index (χ1n) is 6.15. The maximum Gasteiger partial charge on any atom is 0.244 e. The fraction of sp³-hybridized carbons (Fsp3) is 0.538. The standard InChI is InChI=1S/C13H16N2O2/c16-13(2-1-12-7-17-8-15-12)14-6-9-3-10-5-11(10)4-9/h1-2,7-11H,3-6H2,(H,14,16)/b2-1+. The molecule has 4 nitrogen and oxygen atoms in total. The largest absolute Gasteiger partial charge is 0.451 e. The highest BCUT2D eigenvalue weighted by Crippen LogP contribution is 2.54. The van der Waals surface area contributed by atoms with Gasteiger partial charge < -0.3 is 9.73 Å². The zero-order valence-electron chi connectivity index (χ0n) is 9.63. The van der Waals surface area contributed by atoms with Crippen LogP contribution in [0.2, 0.25) is 0 Å². The van der Waals surface area contributed by atoms with Gasteiger partial charge in [-0.15, -0.1) is 0 Å². The van der Waals surface area contributed by atoms with Crippen LogP contribution >= 0.6 is 0 Å². The molecule has 0 aliphatic heterocycles. The van der Waals surface area contributed by atoms with E-state index in [1.54, 1.807) is 6.08 Å². The molecule has 17 heavy (non-hydrogen) atoms. The lowest BCUT2D eigenvalue weighted by Gasteiger charge is -2.11. The smallest absolute Gasteiger partial charge is 0.244 e. The molecule has 90 valence electrons. The Morgan fingerprint density at radius 2 is 2.29 bits per heavy atom. The molecule has 0 aromatic carbocycles. The van der Waals surface area contributed by atoms with E-state index in [1.165, 1.54) is 38.0 Å². The highest BCUT2D eigenvalue weighted by molar-refractivity contribution is 5.91. The minimum absolute atomic E-state index is 0.0476. The van der Waals surface area contributed by atoms with Crippen molar-refractivity contribution in [1.82, 2.24) is 10.3 Å². The zero-order valence-corrected chi connectivity index (χ0v) is 9.63. The number of aromatic nitrogens is 1. The van der Waals surface area contributed by atoms with Crippen LogP contribution in [-0.4, -0.2) is 17.4 Å². The van der Waals surface area contributed by atoms with Gasteiger partial charge >= 0.3 is 0 Å². The Bertz CT molecular complexity index is 415. The van der Waals surface area contributed by atoms with Gasteiger partial charge in [-0.1, -0.05) is 0 Å². The first kappa shape index (κ1) is 10.6. The fourth-order valence-electron chi connectivity index (χ4n) is 2.78. The predicted octanol–water partition coefficient (Wildman–Crippen LogP) is 1.85. The van der Waals surface area contributed by atoms with Crippen LogP contribution in [0.1, 0.15) is 25.0 Å². The minimum atomic E-state index is -0.0476. The number of oxazole rings is 1. The van der Waals surface area contributed by atoms with Crippen molar-refractivity contribution in [3.05, 3.63) is 24.4 Å². The summed E-state index contributed by atoms with van der Waals surface area (Å²) in [5.41, 5.74) is 0.669. The van der Waals surface area contributed by atoms with Gasteiger partial charge in [0, 0.05) is 12.6 Å². The summed E-state index contributed by atoms with van der Waals surface area (Å²) in [7, 11) is 0. The molecule has 1 aromatic heterocycles. The molecule has 2 aliphatic carbocycles. The number of hydrogen-bond donors (Lipinski definition) is 1. The zero-order chi connectivity index (χ0) is 11.7. The molecule has 0 saturated heterocycles. The third kappa shape index (κ3) is 2.57. The highest BCUT2D eigenvalue weighted by Gasteiger charge is 2.45. The maximum atomic E-state index is 11.5. The summed E-state index contributed by atoms with van der Waals surface area (Å²) >= 11 is 0. The quantitative estimate of drug-likeness (QED) is 0.806. The maximum absolute atomic E-state index is 11.5. The topological polar surface area (TPSA) is 55.1 Å². The lowest BCUT2D eigenvalue weighted by Crippen LogP contribution is -2.27. The Kier molecular flexibility index (Phi) is 2.71. The van der Waals surface area contributed by atoms with E-state index in [0.29, 0.717) is 11.6 Å². The number of fused-ring (bicyclic) bond motifs is 1. The number of nitrogens with one attached hydrogen (secondary N) is 1. The molecule has 1 amide bonds. The van der Waals surface area contributed by atoms with Crippen molar-refractivity contribution in [2.45, 2.75) is 19.3 Å². The van der Waals surface area contributed by atoms with Gasteiger partial charge in [-0.2, -0.15) is 0 Å². The Labute approximate surface area is 100 Å². The number of hydrogen-bond acceptors (Lipinski definition) is 3. The normalized spacial score (nSPS) is 30.5. The van der Waals surface area contributed by atoms with Crippen LogP contribution in [0.4, 0.5) is 0 Å². The summed E-state index contributed by atoms with van der Waals surface area (Å²) in [5.74, 6) is 2.60. The molecular weight excluding hydrogens is 216 g/mol. The number of amides is 1. The number of carbonyl (C=O) groups is 1. The molecular formula is C13H16N2O2. The molecule has 4 heteroatoms. The summed E-state index contributed by atoms with van der Waals surface area (Å²) in [5, 5.41) is 2.94. The van der Waals surface area contributed by atoms with Gasteiger partial charge in [0.2, 0.25) is 5.91 Å². The molecule has 0 radical (unpaired) electrons. The van der Waals surface area contributed by atoms with Crippen molar-refractivity contribution in [3.63, 3.8) is 0 Å². The summed E-state index contributed by atoms with van der Waals surface area (Å²) in [6.07, 6.45) is 10.1. The minimum Gasteiger partial charge on any atom is -0.451 e. The van der Waals surface area contributed by atoms with Crippen LogP contribution < -0.4 is 5.32 Å². The van der Waals surface area contributed by atoms with Gasteiger partial charge in [0.15, 0.2) is 6.39 Å². The summed E-state index contributed by atoms with van der Waals surface area (Å²) < 4.78 is 4.81. The van der Waals surface area contributed by atoms with Crippen molar-refractivity contribution >= 4 is 12.0 Å². The number of rotatable bonds is 4. The van der Waals surface area contributed by atoms with E-state index in [-0.39, 0.29) is 5.91 Å². The van der Waals surface area contributed by atoms with Crippen LogP contribution in [0.25, 0.3) is 6.08 Å². The highest BCUT2D eigenvalue weighted by atomic mass is 16.3. The Morgan fingerprint density at radius 3 is 3.00 bits per heavy atom. The molecule has 1 heterocycles. The fourth-order valence-corrected chi connectivity index (χ4v) is 2.78. The van der Waals surface area contributed by atoms with Gasteiger partial charge in [0.1, 0.15) is 12.0 Å². The van der Waals surface area contributed by atoms with Crippen LogP contribution in [0.5, 0.6) is 0 Å². The van der Waals surface area contributed by atoms with E-state index in [9.17, 15) is 4.79 Å². The van der Waals surface area contributed by atoms with Gasteiger partial charge in [0.05, 0.1) is 0 Å². The van der Waals surface area contributed by atoms with E-state index >= 15 is 0 Å². The van der Waals surface area contributed by atoms with E-state index < -0.39 is 0 Å². The third-order valence-corrected chi connectivity index (χ3v) is 3.76. The molecule has 2 saturated carbocycles. The average Bonchev–Trinajstić information content (AvgIpc) is 2.81. The van der Waals surface area contributed by atoms with E-state index in [0.717, 1.165) is 18.4 Å². The molecule has 0 bridgehead atoms. The average molecular weight is 232 g/mol. The van der Waals surface area contributed by atoms with Gasteiger partial charge in [0.25, 0.3) is 0 Å². The van der Waals surface area contributed by atoms with E-state index in [1.807, 2.05) is 0 Å². The second-order valence-corrected chi connectivity index (χ2v) is 5.09. The molecule has 1 N–H and O–H groups in total. The van der Waals surface area contributed by atoms with Gasteiger partial charge in [-0.3, -0.25) is 4.79 Å². The van der Waals surface area contributed by atoms with Crippen molar-refractivity contribution in [2.75, 3.05) is 6.54 Å². The summed E-state index contributed by atoms with van der Waals surface area (Å²) in [6, 6.07) is 0. The van der Waals surface area contributed by atoms with Crippen molar-refractivity contribution in [3.8, 4) is 0 Å². The second-order valence-electron chi connectivity index (χ2n) is 5.09. The summed E-state index contributed by atoms with van der Waals surface area (Å²) in [4.78, 5) is 15.4. The molecule has 1 aromatic rings. The molecule has 3 rings (SSSR count). The van der Waals surface area contributed by atoms with Gasteiger partial charge in [-0.05, 0) is 43.1 Å². The van der Waals surface area contributed by atoms with Gasteiger partial charge in [-0.25, -0.2) is 4.98 Å². The third-order valence-electron chi connectivity index (χ3n) is 3.76. The molecule has 2 fully saturated rings. The number of carbonyl (C=O) groups excluding carboxylic acids is 1. The van der Waals surface area contributed by atoms with Crippen molar-refractivity contribution < 1.29 is 9.21 Å². The lowest BCUT2D eigenvalue weighted by molar-refractivity contribution is -0.116.